The van der Waals surface area contributed by atoms with Crippen LogP contribution in [-0.4, -0.2) is 35.7 Å². The van der Waals surface area contributed by atoms with E-state index in [2.05, 4.69) is 11.9 Å². The number of benzene rings is 1. The molecule has 1 amide bonds. The van der Waals surface area contributed by atoms with Gasteiger partial charge in [-0.1, -0.05) is 0 Å². The number of nitrogens with zero attached hydrogens (tertiary/aromatic N) is 2. The highest BCUT2D eigenvalue weighted by Gasteiger charge is 2.32. The molecule has 1 fully saturated rings. The SMILES string of the molecule is C[C@@H](C1CC1)N(C)C(=O)Cc1csc(-c2ccc3c(c2)OCO3)n1. The Kier molecular flexibility index (Phi) is 3.92. The number of hydrogen-bond acceptors (Lipinski definition) is 5. The van der Waals surface area contributed by atoms with E-state index >= 15 is 0 Å². The highest BCUT2D eigenvalue weighted by atomic mass is 32.1. The fourth-order valence-corrected chi connectivity index (χ4v) is 3.77. The molecule has 2 aliphatic rings. The first-order valence-electron chi connectivity index (χ1n) is 8.22. The molecular formula is C18H20N2O3S. The molecule has 6 heteroatoms. The number of aromatic nitrogens is 1. The van der Waals surface area contributed by atoms with Crippen molar-refractivity contribution in [3.63, 3.8) is 0 Å². The van der Waals surface area contributed by atoms with Gasteiger partial charge in [0.1, 0.15) is 5.01 Å². The van der Waals surface area contributed by atoms with Crippen LogP contribution >= 0.6 is 11.3 Å². The van der Waals surface area contributed by atoms with Crippen LogP contribution in [0.3, 0.4) is 0 Å². The number of likely N-dealkylation sites (N-methyl/N-ethyl adjacent to an activating group) is 1. The van der Waals surface area contributed by atoms with Gasteiger partial charge in [-0.2, -0.15) is 0 Å². The van der Waals surface area contributed by atoms with Crippen molar-refractivity contribution in [2.75, 3.05) is 13.8 Å². The van der Waals surface area contributed by atoms with Crippen molar-refractivity contribution >= 4 is 17.2 Å². The lowest BCUT2D eigenvalue weighted by Crippen LogP contribution is -2.37. The van der Waals surface area contributed by atoms with E-state index in [0.29, 0.717) is 18.4 Å². The number of rotatable bonds is 5. The van der Waals surface area contributed by atoms with Gasteiger partial charge in [0.15, 0.2) is 11.5 Å². The normalized spacial score (nSPS) is 16.9. The maximum Gasteiger partial charge on any atom is 0.231 e. The summed E-state index contributed by atoms with van der Waals surface area (Å²) < 4.78 is 10.7. The lowest BCUT2D eigenvalue weighted by Gasteiger charge is -2.24. The van der Waals surface area contributed by atoms with Gasteiger partial charge in [0.2, 0.25) is 12.7 Å². The number of carbonyl (C=O) groups excluding carboxylic acids is 1. The Bertz CT molecular complexity index is 769. The number of hydrogen-bond donors (Lipinski definition) is 0. The quantitative estimate of drug-likeness (QED) is 0.835. The Morgan fingerprint density at radius 3 is 2.96 bits per heavy atom. The minimum atomic E-state index is 0.136. The van der Waals surface area contributed by atoms with E-state index in [0.717, 1.165) is 27.8 Å². The van der Waals surface area contributed by atoms with Crippen LogP contribution in [0.4, 0.5) is 0 Å². The second-order valence-corrected chi connectivity index (χ2v) is 7.33. The van der Waals surface area contributed by atoms with Crippen molar-refractivity contribution < 1.29 is 14.3 Å². The zero-order chi connectivity index (χ0) is 16.7. The Balaban J connectivity index is 1.45. The molecule has 2 aromatic rings. The third kappa shape index (κ3) is 2.98. The summed E-state index contributed by atoms with van der Waals surface area (Å²) in [6.45, 7) is 2.40. The average molecular weight is 344 g/mol. The van der Waals surface area contributed by atoms with Crippen LogP contribution in [0.5, 0.6) is 11.5 Å². The standard InChI is InChI=1S/C18H20N2O3S/c1-11(12-3-4-12)20(2)17(21)8-14-9-24-18(19-14)13-5-6-15-16(7-13)23-10-22-15/h5-7,9,11-12H,3-4,8,10H2,1-2H3/t11-/m0/s1. The van der Waals surface area contributed by atoms with Crippen LogP contribution in [-0.2, 0) is 11.2 Å². The number of thiazole rings is 1. The molecule has 1 atom stereocenters. The summed E-state index contributed by atoms with van der Waals surface area (Å²) in [5.41, 5.74) is 1.81. The topological polar surface area (TPSA) is 51.7 Å². The van der Waals surface area contributed by atoms with Crippen LogP contribution in [0.1, 0.15) is 25.5 Å². The summed E-state index contributed by atoms with van der Waals surface area (Å²) in [7, 11) is 1.90. The van der Waals surface area contributed by atoms with Gasteiger partial charge in [-0.15, -0.1) is 11.3 Å². The molecule has 126 valence electrons. The molecule has 24 heavy (non-hydrogen) atoms. The molecule has 5 nitrogen and oxygen atoms in total. The van der Waals surface area contributed by atoms with E-state index in [1.165, 1.54) is 12.8 Å². The predicted octanol–water partition coefficient (Wildman–Crippen LogP) is 3.34. The van der Waals surface area contributed by atoms with Crippen molar-refractivity contribution in [1.29, 1.82) is 0 Å². The molecule has 2 heterocycles. The first kappa shape index (κ1) is 15.4. The van der Waals surface area contributed by atoms with E-state index < -0.39 is 0 Å². The number of fused-ring (bicyclic) bond motifs is 1. The Morgan fingerprint density at radius 1 is 1.38 bits per heavy atom. The average Bonchev–Trinajstić information content (AvgIpc) is 3.15. The van der Waals surface area contributed by atoms with Crippen LogP contribution in [0.2, 0.25) is 0 Å². The second-order valence-electron chi connectivity index (χ2n) is 6.47. The van der Waals surface area contributed by atoms with Gasteiger partial charge in [0.05, 0.1) is 12.1 Å². The van der Waals surface area contributed by atoms with Gasteiger partial charge in [0, 0.05) is 24.0 Å². The molecule has 1 aromatic heterocycles. The van der Waals surface area contributed by atoms with E-state index in [1.807, 2.05) is 35.5 Å². The summed E-state index contributed by atoms with van der Waals surface area (Å²) in [4.78, 5) is 18.9. The summed E-state index contributed by atoms with van der Waals surface area (Å²) in [5.74, 6) is 2.33. The highest BCUT2D eigenvalue weighted by molar-refractivity contribution is 7.13. The molecule has 0 radical (unpaired) electrons. The lowest BCUT2D eigenvalue weighted by molar-refractivity contribution is -0.131. The van der Waals surface area contributed by atoms with Crippen LogP contribution < -0.4 is 9.47 Å². The molecule has 4 rings (SSSR count). The van der Waals surface area contributed by atoms with Gasteiger partial charge in [-0.05, 0) is 43.9 Å². The van der Waals surface area contributed by atoms with E-state index in [9.17, 15) is 4.79 Å². The largest absolute Gasteiger partial charge is 0.454 e. The van der Waals surface area contributed by atoms with Crippen molar-refractivity contribution in [2.45, 2.75) is 32.2 Å². The third-order valence-electron chi connectivity index (χ3n) is 4.81. The monoisotopic (exact) mass is 344 g/mol. The van der Waals surface area contributed by atoms with Crippen molar-refractivity contribution in [1.82, 2.24) is 9.88 Å². The molecular weight excluding hydrogens is 324 g/mol. The maximum atomic E-state index is 12.4. The van der Waals surface area contributed by atoms with E-state index in [1.54, 1.807) is 11.3 Å². The van der Waals surface area contributed by atoms with Gasteiger partial charge < -0.3 is 14.4 Å². The van der Waals surface area contributed by atoms with Crippen molar-refractivity contribution in [2.24, 2.45) is 5.92 Å². The van der Waals surface area contributed by atoms with Crippen LogP contribution in [0, 0.1) is 5.92 Å². The van der Waals surface area contributed by atoms with Crippen molar-refractivity contribution in [3.05, 3.63) is 29.3 Å². The minimum Gasteiger partial charge on any atom is -0.454 e. The molecule has 0 bridgehead atoms. The summed E-state index contributed by atoms with van der Waals surface area (Å²) in [6, 6.07) is 6.13. The zero-order valence-electron chi connectivity index (χ0n) is 13.8. The Hall–Kier alpha value is -2.08. The van der Waals surface area contributed by atoms with E-state index in [-0.39, 0.29) is 12.7 Å². The second kappa shape index (κ2) is 6.09. The first-order valence-corrected chi connectivity index (χ1v) is 9.10. The van der Waals surface area contributed by atoms with Gasteiger partial charge in [-0.3, -0.25) is 4.79 Å². The molecule has 0 spiro atoms. The smallest absolute Gasteiger partial charge is 0.231 e. The van der Waals surface area contributed by atoms with Crippen LogP contribution in [0.15, 0.2) is 23.6 Å². The summed E-state index contributed by atoms with van der Waals surface area (Å²) in [5, 5.41) is 2.86. The molecule has 1 saturated carbocycles. The van der Waals surface area contributed by atoms with E-state index in [4.69, 9.17) is 9.47 Å². The third-order valence-corrected chi connectivity index (χ3v) is 5.75. The van der Waals surface area contributed by atoms with Gasteiger partial charge in [0.25, 0.3) is 0 Å². The Morgan fingerprint density at radius 2 is 2.17 bits per heavy atom. The molecule has 0 saturated heterocycles. The fraction of sp³-hybridized carbons (Fsp3) is 0.444. The van der Waals surface area contributed by atoms with Crippen LogP contribution in [0.25, 0.3) is 10.6 Å². The molecule has 1 aliphatic heterocycles. The van der Waals surface area contributed by atoms with Crippen molar-refractivity contribution in [3.8, 4) is 22.1 Å². The lowest BCUT2D eigenvalue weighted by atomic mass is 10.1. The molecule has 0 unspecified atom stereocenters. The summed E-state index contributed by atoms with van der Waals surface area (Å²) in [6.07, 6.45) is 2.84. The van der Waals surface area contributed by atoms with Gasteiger partial charge in [-0.25, -0.2) is 4.98 Å². The first-order chi connectivity index (χ1) is 11.6. The Labute approximate surface area is 145 Å². The fourth-order valence-electron chi connectivity index (χ4n) is 2.95. The molecule has 0 N–H and O–H groups in total. The zero-order valence-corrected chi connectivity index (χ0v) is 14.6. The number of carbonyl (C=O) groups is 1. The van der Waals surface area contributed by atoms with Gasteiger partial charge >= 0.3 is 0 Å². The summed E-state index contributed by atoms with van der Waals surface area (Å²) >= 11 is 1.55. The number of ether oxygens (including phenoxy) is 2. The minimum absolute atomic E-state index is 0.136. The molecule has 1 aliphatic carbocycles. The maximum absolute atomic E-state index is 12.4. The predicted molar refractivity (Wildman–Crippen MR) is 92.3 cm³/mol. The molecule has 1 aromatic carbocycles. The highest BCUT2D eigenvalue weighted by Crippen LogP contribution is 2.37. The number of amides is 1.